The third-order valence-corrected chi connectivity index (χ3v) is 5.09. The SMILES string of the molecule is COc1ccc(Oc2cc(CNC(=O)NC(C3CC3)C3CC3)ccn2)cc1. The monoisotopic (exact) mass is 367 g/mol. The number of aromatic nitrogens is 1. The van der Waals surface area contributed by atoms with Gasteiger partial charge in [-0.25, -0.2) is 9.78 Å². The molecular weight excluding hydrogens is 342 g/mol. The van der Waals surface area contributed by atoms with Gasteiger partial charge in [-0.15, -0.1) is 0 Å². The predicted molar refractivity (Wildman–Crippen MR) is 102 cm³/mol. The smallest absolute Gasteiger partial charge is 0.315 e. The predicted octanol–water partition coefficient (Wildman–Crippen LogP) is 3.87. The molecular formula is C21H25N3O3. The minimum atomic E-state index is -0.0896. The average molecular weight is 367 g/mol. The van der Waals surface area contributed by atoms with E-state index in [0.29, 0.717) is 36.1 Å². The Kier molecular flexibility index (Phi) is 5.14. The number of carbonyl (C=O) groups is 1. The lowest BCUT2D eigenvalue weighted by molar-refractivity contribution is 0.233. The van der Waals surface area contributed by atoms with Gasteiger partial charge in [-0.1, -0.05) is 0 Å². The van der Waals surface area contributed by atoms with Crippen LogP contribution in [0.15, 0.2) is 42.6 Å². The number of amides is 2. The molecule has 0 unspecified atom stereocenters. The molecule has 2 saturated carbocycles. The van der Waals surface area contributed by atoms with Crippen LogP contribution in [-0.2, 0) is 6.54 Å². The zero-order valence-corrected chi connectivity index (χ0v) is 15.5. The van der Waals surface area contributed by atoms with Gasteiger partial charge in [0, 0.05) is 24.8 Å². The molecule has 1 aromatic carbocycles. The molecule has 6 nitrogen and oxygen atoms in total. The zero-order valence-electron chi connectivity index (χ0n) is 15.5. The molecule has 1 heterocycles. The number of ether oxygens (including phenoxy) is 2. The number of rotatable bonds is 8. The number of hydrogen-bond donors (Lipinski definition) is 2. The van der Waals surface area contributed by atoms with Gasteiger partial charge >= 0.3 is 6.03 Å². The molecule has 2 aliphatic carbocycles. The molecule has 0 bridgehead atoms. The van der Waals surface area contributed by atoms with Crippen molar-refractivity contribution < 1.29 is 14.3 Å². The molecule has 2 amide bonds. The summed E-state index contributed by atoms with van der Waals surface area (Å²) in [6, 6.07) is 11.3. The summed E-state index contributed by atoms with van der Waals surface area (Å²) in [4.78, 5) is 16.5. The Morgan fingerprint density at radius 3 is 2.41 bits per heavy atom. The second kappa shape index (κ2) is 7.86. The second-order valence-corrected chi connectivity index (χ2v) is 7.31. The van der Waals surface area contributed by atoms with Crippen molar-refractivity contribution in [2.24, 2.45) is 11.8 Å². The van der Waals surface area contributed by atoms with Gasteiger partial charge in [0.1, 0.15) is 11.5 Å². The van der Waals surface area contributed by atoms with Crippen molar-refractivity contribution in [3.63, 3.8) is 0 Å². The van der Waals surface area contributed by atoms with Gasteiger partial charge in [0.2, 0.25) is 5.88 Å². The lowest BCUT2D eigenvalue weighted by Gasteiger charge is -2.18. The Morgan fingerprint density at radius 1 is 1.11 bits per heavy atom. The number of nitrogens with one attached hydrogen (secondary N) is 2. The third-order valence-electron chi connectivity index (χ3n) is 5.09. The summed E-state index contributed by atoms with van der Waals surface area (Å²) in [5.41, 5.74) is 0.943. The fourth-order valence-electron chi connectivity index (χ4n) is 3.30. The molecule has 0 aliphatic heterocycles. The standard InChI is InChI=1S/C21H25N3O3/c1-26-17-6-8-18(9-7-17)27-19-12-14(10-11-22-19)13-23-21(25)24-20(15-2-3-15)16-4-5-16/h6-12,15-16,20H,2-5,13H2,1H3,(H2,23,24,25). The Bertz CT molecular complexity index is 774. The van der Waals surface area contributed by atoms with Crippen molar-refractivity contribution in [3.8, 4) is 17.4 Å². The van der Waals surface area contributed by atoms with Gasteiger partial charge in [-0.3, -0.25) is 0 Å². The van der Waals surface area contributed by atoms with Gasteiger partial charge in [-0.2, -0.15) is 0 Å². The molecule has 4 rings (SSSR count). The van der Waals surface area contributed by atoms with Crippen LogP contribution in [0.1, 0.15) is 31.2 Å². The van der Waals surface area contributed by atoms with Crippen LogP contribution >= 0.6 is 0 Å². The van der Waals surface area contributed by atoms with Crippen LogP contribution in [0.3, 0.4) is 0 Å². The van der Waals surface area contributed by atoms with Crippen LogP contribution < -0.4 is 20.1 Å². The maximum atomic E-state index is 12.2. The van der Waals surface area contributed by atoms with Crippen LogP contribution in [0.5, 0.6) is 17.4 Å². The van der Waals surface area contributed by atoms with Gasteiger partial charge in [0.05, 0.1) is 7.11 Å². The summed E-state index contributed by atoms with van der Waals surface area (Å²) < 4.78 is 10.9. The Balaban J connectivity index is 1.29. The van der Waals surface area contributed by atoms with Crippen molar-refractivity contribution in [1.82, 2.24) is 15.6 Å². The molecule has 6 heteroatoms. The first-order chi connectivity index (χ1) is 13.2. The highest BCUT2D eigenvalue weighted by molar-refractivity contribution is 5.74. The number of urea groups is 1. The topological polar surface area (TPSA) is 72.5 Å². The first-order valence-corrected chi connectivity index (χ1v) is 9.52. The highest BCUT2D eigenvalue weighted by Crippen LogP contribution is 2.44. The van der Waals surface area contributed by atoms with E-state index in [9.17, 15) is 4.79 Å². The summed E-state index contributed by atoms with van der Waals surface area (Å²) in [5, 5.41) is 6.12. The van der Waals surface area contributed by atoms with Crippen molar-refractivity contribution in [1.29, 1.82) is 0 Å². The van der Waals surface area contributed by atoms with E-state index >= 15 is 0 Å². The summed E-state index contributed by atoms with van der Waals surface area (Å²) in [6.07, 6.45) is 6.68. The maximum absolute atomic E-state index is 12.2. The van der Waals surface area contributed by atoms with E-state index in [1.54, 1.807) is 13.3 Å². The molecule has 0 saturated heterocycles. The normalized spacial score (nSPS) is 16.1. The first-order valence-electron chi connectivity index (χ1n) is 9.52. The number of hydrogen-bond acceptors (Lipinski definition) is 4. The molecule has 0 spiro atoms. The van der Waals surface area contributed by atoms with Crippen molar-refractivity contribution in [2.75, 3.05) is 7.11 Å². The van der Waals surface area contributed by atoms with E-state index in [1.165, 1.54) is 25.7 Å². The number of methoxy groups -OCH3 is 1. The summed E-state index contributed by atoms with van der Waals surface area (Å²) >= 11 is 0. The van der Waals surface area contributed by atoms with Gasteiger partial charge in [0.25, 0.3) is 0 Å². The summed E-state index contributed by atoms with van der Waals surface area (Å²) in [6.45, 7) is 0.440. The van der Waals surface area contributed by atoms with E-state index in [2.05, 4.69) is 15.6 Å². The Morgan fingerprint density at radius 2 is 1.78 bits per heavy atom. The molecule has 2 N–H and O–H groups in total. The lowest BCUT2D eigenvalue weighted by atomic mass is 10.1. The lowest BCUT2D eigenvalue weighted by Crippen LogP contribution is -2.44. The van der Waals surface area contributed by atoms with Crippen molar-refractivity contribution in [2.45, 2.75) is 38.3 Å². The fraction of sp³-hybridized carbons (Fsp3) is 0.429. The average Bonchev–Trinajstić information content (AvgIpc) is 3.58. The minimum absolute atomic E-state index is 0.0896. The number of pyridine rings is 1. The molecule has 0 radical (unpaired) electrons. The molecule has 1 aromatic heterocycles. The molecule has 2 fully saturated rings. The molecule has 2 aromatic rings. The van der Waals surface area contributed by atoms with Crippen molar-refractivity contribution in [3.05, 3.63) is 48.2 Å². The minimum Gasteiger partial charge on any atom is -0.497 e. The van der Waals surface area contributed by atoms with E-state index in [-0.39, 0.29) is 6.03 Å². The van der Waals surface area contributed by atoms with Gasteiger partial charge < -0.3 is 20.1 Å². The Hall–Kier alpha value is -2.76. The Labute approximate surface area is 159 Å². The largest absolute Gasteiger partial charge is 0.497 e. The van der Waals surface area contributed by atoms with Crippen LogP contribution in [0.4, 0.5) is 4.79 Å². The number of nitrogens with zero attached hydrogens (tertiary/aromatic N) is 1. The second-order valence-electron chi connectivity index (χ2n) is 7.31. The maximum Gasteiger partial charge on any atom is 0.315 e. The highest BCUT2D eigenvalue weighted by Gasteiger charge is 2.42. The fourth-order valence-corrected chi connectivity index (χ4v) is 3.30. The van der Waals surface area contributed by atoms with E-state index in [1.807, 2.05) is 36.4 Å². The molecule has 2 aliphatic rings. The third kappa shape index (κ3) is 4.90. The molecule has 0 atom stereocenters. The van der Waals surface area contributed by atoms with E-state index in [4.69, 9.17) is 9.47 Å². The number of carbonyl (C=O) groups excluding carboxylic acids is 1. The molecule has 142 valence electrons. The van der Waals surface area contributed by atoms with Crippen LogP contribution in [0.25, 0.3) is 0 Å². The quantitative estimate of drug-likeness (QED) is 0.743. The van der Waals surface area contributed by atoms with Crippen LogP contribution in [0, 0.1) is 11.8 Å². The van der Waals surface area contributed by atoms with E-state index < -0.39 is 0 Å². The summed E-state index contributed by atoms with van der Waals surface area (Å²) in [7, 11) is 1.63. The summed E-state index contributed by atoms with van der Waals surface area (Å²) in [5.74, 6) is 3.33. The highest BCUT2D eigenvalue weighted by atomic mass is 16.5. The zero-order chi connectivity index (χ0) is 18.6. The van der Waals surface area contributed by atoms with Gasteiger partial charge in [-0.05, 0) is 73.4 Å². The van der Waals surface area contributed by atoms with E-state index in [0.717, 1.165) is 11.3 Å². The van der Waals surface area contributed by atoms with Crippen LogP contribution in [-0.4, -0.2) is 24.2 Å². The van der Waals surface area contributed by atoms with Crippen molar-refractivity contribution >= 4 is 6.03 Å². The first kappa shape index (κ1) is 17.6. The molecule has 27 heavy (non-hydrogen) atoms. The number of benzene rings is 1. The van der Waals surface area contributed by atoms with Crippen LogP contribution in [0.2, 0.25) is 0 Å². The van der Waals surface area contributed by atoms with Gasteiger partial charge in [0.15, 0.2) is 0 Å².